The van der Waals surface area contributed by atoms with Gasteiger partial charge in [-0.15, -0.1) is 0 Å². The normalized spacial score (nSPS) is 26.6. The highest BCUT2D eigenvalue weighted by atomic mass is 35.5. The van der Waals surface area contributed by atoms with E-state index in [-0.39, 0.29) is 23.5 Å². The van der Waals surface area contributed by atoms with E-state index in [2.05, 4.69) is 10.3 Å². The number of carbonyl (C=O) groups excluding carboxylic acids is 2. The highest BCUT2D eigenvalue weighted by molar-refractivity contribution is 6.31. The molecule has 0 spiro atoms. The first-order chi connectivity index (χ1) is 16.5. The second-order valence-corrected chi connectivity index (χ2v) is 9.69. The summed E-state index contributed by atoms with van der Waals surface area (Å²) in [6.07, 6.45) is 10.4. The number of hydrogen-bond donors (Lipinski definition) is 1. The van der Waals surface area contributed by atoms with Crippen molar-refractivity contribution in [2.24, 2.45) is 16.8 Å². The van der Waals surface area contributed by atoms with Crippen molar-refractivity contribution in [3.05, 3.63) is 70.1 Å². The molecule has 0 radical (unpaired) electrons. The molecule has 1 aromatic carbocycles. The molecule has 0 aromatic heterocycles. The number of halogens is 2. The van der Waals surface area contributed by atoms with E-state index < -0.39 is 12.7 Å². The summed E-state index contributed by atoms with van der Waals surface area (Å²) in [6.45, 7) is 1.00. The zero-order valence-electron chi connectivity index (χ0n) is 19.1. The smallest absolute Gasteiger partial charge is 0.224 e. The predicted molar refractivity (Wildman–Crippen MR) is 134 cm³/mol. The number of hydrogen-bond acceptors (Lipinski definition) is 4. The van der Waals surface area contributed by atoms with Crippen LogP contribution < -0.4 is 10.2 Å². The van der Waals surface area contributed by atoms with Gasteiger partial charge in [-0.2, -0.15) is 0 Å². The Morgan fingerprint density at radius 1 is 1.26 bits per heavy atom. The van der Waals surface area contributed by atoms with Crippen LogP contribution in [0.5, 0.6) is 0 Å². The minimum Gasteiger partial charge on any atom is -0.357 e. The third-order valence-corrected chi connectivity index (χ3v) is 7.58. The Morgan fingerprint density at radius 3 is 2.79 bits per heavy atom. The Kier molecular flexibility index (Phi) is 6.26. The lowest BCUT2D eigenvalue weighted by Gasteiger charge is -2.38. The molecule has 0 fully saturated rings. The molecule has 5 rings (SSSR count). The first kappa shape index (κ1) is 22.8. The summed E-state index contributed by atoms with van der Waals surface area (Å²) in [6, 6.07) is 7.24. The number of Topliss-reactive ketones (excluding diaryl/α,β-unsaturated/α-hetero) is 1. The van der Waals surface area contributed by atoms with Crippen LogP contribution in [0.2, 0.25) is 0 Å². The SMILES string of the molecule is CC(=O)N1c2ccccc2NC2=C(C(=O)CC(C3=CC(Cl)=C(CF)CC3)C2)C1C1C=NC=CC1. The Labute approximate surface area is 203 Å². The lowest BCUT2D eigenvalue weighted by molar-refractivity contribution is -0.117. The van der Waals surface area contributed by atoms with Crippen molar-refractivity contribution < 1.29 is 14.0 Å². The molecule has 0 saturated heterocycles. The van der Waals surface area contributed by atoms with Gasteiger partial charge in [0.25, 0.3) is 0 Å². The zero-order chi connectivity index (χ0) is 23.8. The van der Waals surface area contributed by atoms with Crippen LogP contribution in [0.25, 0.3) is 0 Å². The maximum atomic E-state index is 13.8. The molecule has 2 aliphatic heterocycles. The molecule has 1 aromatic rings. The number of para-hydroxylation sites is 2. The third kappa shape index (κ3) is 4.05. The molecule has 3 atom stereocenters. The van der Waals surface area contributed by atoms with Crippen LogP contribution in [0.3, 0.4) is 0 Å². The zero-order valence-corrected chi connectivity index (χ0v) is 19.8. The standard InChI is InChI=1S/C27H27ClFN3O2/c1-16(33)32-24-7-3-2-6-22(24)31-23-12-20(17-8-9-18(14-29)21(28)11-17)13-25(34)26(23)27(32)19-5-4-10-30-15-19/h2-4,6-7,10-11,15,19-20,27,31H,5,8-9,12-14H2,1H3. The van der Waals surface area contributed by atoms with Crippen LogP contribution in [0.1, 0.15) is 39.0 Å². The van der Waals surface area contributed by atoms with E-state index in [9.17, 15) is 14.0 Å². The number of carbonyl (C=O) groups is 2. The van der Waals surface area contributed by atoms with Crippen molar-refractivity contribution in [1.29, 1.82) is 0 Å². The number of alkyl halides is 1. The Balaban J connectivity index is 1.61. The third-order valence-electron chi connectivity index (χ3n) is 7.20. The molecule has 2 aliphatic carbocycles. The number of benzene rings is 1. The summed E-state index contributed by atoms with van der Waals surface area (Å²) in [5.41, 5.74) is 4.79. The van der Waals surface area contributed by atoms with Gasteiger partial charge < -0.3 is 10.2 Å². The second kappa shape index (κ2) is 9.34. The Morgan fingerprint density at radius 2 is 2.09 bits per heavy atom. The van der Waals surface area contributed by atoms with Crippen molar-refractivity contribution in [2.45, 2.75) is 45.1 Å². The summed E-state index contributed by atoms with van der Waals surface area (Å²) in [5, 5.41) is 3.98. The van der Waals surface area contributed by atoms with Crippen molar-refractivity contribution in [1.82, 2.24) is 0 Å². The number of fused-ring (bicyclic) bond motifs is 1. The van der Waals surface area contributed by atoms with Crippen LogP contribution in [-0.2, 0) is 9.59 Å². The number of nitrogens with zero attached hydrogens (tertiary/aromatic N) is 2. The molecule has 2 heterocycles. The van der Waals surface area contributed by atoms with Gasteiger partial charge in [-0.1, -0.05) is 35.4 Å². The predicted octanol–water partition coefficient (Wildman–Crippen LogP) is 5.85. The lowest BCUT2D eigenvalue weighted by Crippen LogP contribution is -2.48. The molecule has 0 saturated carbocycles. The van der Waals surface area contributed by atoms with E-state index in [4.69, 9.17) is 11.6 Å². The van der Waals surface area contributed by atoms with Gasteiger partial charge >= 0.3 is 0 Å². The quantitative estimate of drug-likeness (QED) is 0.591. The monoisotopic (exact) mass is 479 g/mol. The summed E-state index contributed by atoms with van der Waals surface area (Å²) >= 11 is 6.33. The molecule has 0 bridgehead atoms. The molecule has 4 aliphatic rings. The summed E-state index contributed by atoms with van der Waals surface area (Å²) in [4.78, 5) is 32.9. The number of amides is 1. The van der Waals surface area contributed by atoms with Crippen LogP contribution >= 0.6 is 11.6 Å². The van der Waals surface area contributed by atoms with Gasteiger partial charge in [0, 0.05) is 48.0 Å². The summed E-state index contributed by atoms with van der Waals surface area (Å²) < 4.78 is 13.2. The van der Waals surface area contributed by atoms with Crippen molar-refractivity contribution in [3.63, 3.8) is 0 Å². The highest BCUT2D eigenvalue weighted by Gasteiger charge is 2.43. The number of nitrogens with one attached hydrogen (secondary N) is 1. The van der Waals surface area contributed by atoms with E-state index in [1.807, 2.05) is 42.6 Å². The van der Waals surface area contributed by atoms with Crippen LogP contribution in [0.4, 0.5) is 15.8 Å². The molecule has 3 unspecified atom stereocenters. The van der Waals surface area contributed by atoms with Gasteiger partial charge in [0.1, 0.15) is 6.67 Å². The largest absolute Gasteiger partial charge is 0.357 e. The summed E-state index contributed by atoms with van der Waals surface area (Å²) in [7, 11) is 0. The van der Waals surface area contributed by atoms with E-state index in [0.29, 0.717) is 48.3 Å². The first-order valence-electron chi connectivity index (χ1n) is 11.7. The molecule has 1 N–H and O–H groups in total. The van der Waals surface area contributed by atoms with Crippen LogP contribution in [0.15, 0.2) is 75.1 Å². The fraction of sp³-hybridized carbons (Fsp3) is 0.370. The molecule has 7 heteroatoms. The van der Waals surface area contributed by atoms with Gasteiger partial charge in [-0.3, -0.25) is 14.6 Å². The van der Waals surface area contributed by atoms with E-state index in [1.54, 1.807) is 18.0 Å². The van der Waals surface area contributed by atoms with Crippen molar-refractivity contribution in [2.75, 3.05) is 16.9 Å². The van der Waals surface area contributed by atoms with Gasteiger partial charge in [0.15, 0.2) is 5.78 Å². The maximum Gasteiger partial charge on any atom is 0.224 e. The van der Waals surface area contributed by atoms with Gasteiger partial charge in [-0.25, -0.2) is 4.39 Å². The number of ketones is 1. The average Bonchev–Trinajstić information content (AvgIpc) is 2.99. The first-order valence-corrected chi connectivity index (χ1v) is 12.1. The number of allylic oxidation sites excluding steroid dienone is 6. The van der Waals surface area contributed by atoms with E-state index in [1.165, 1.54) is 0 Å². The summed E-state index contributed by atoms with van der Waals surface area (Å²) in [5.74, 6) is -0.199. The number of anilines is 2. The fourth-order valence-corrected chi connectivity index (χ4v) is 5.86. The molecule has 5 nitrogen and oxygen atoms in total. The van der Waals surface area contributed by atoms with E-state index in [0.717, 1.165) is 22.6 Å². The van der Waals surface area contributed by atoms with Crippen LogP contribution in [0, 0.1) is 11.8 Å². The average molecular weight is 480 g/mol. The van der Waals surface area contributed by atoms with Gasteiger partial charge in [0.2, 0.25) is 5.91 Å². The topological polar surface area (TPSA) is 61.8 Å². The van der Waals surface area contributed by atoms with Gasteiger partial charge in [0.05, 0.1) is 17.4 Å². The highest BCUT2D eigenvalue weighted by Crippen LogP contribution is 2.45. The van der Waals surface area contributed by atoms with Crippen LogP contribution in [-0.4, -0.2) is 30.6 Å². The minimum absolute atomic E-state index is 0.00901. The lowest BCUT2D eigenvalue weighted by atomic mass is 9.74. The molecule has 176 valence electrons. The van der Waals surface area contributed by atoms with Crippen molar-refractivity contribution >= 4 is 40.9 Å². The molecular formula is C27H27ClFN3O2. The molecule has 1 amide bonds. The maximum absolute atomic E-state index is 13.8. The fourth-order valence-electron chi connectivity index (χ4n) is 5.57. The van der Waals surface area contributed by atoms with Gasteiger partial charge in [-0.05, 0) is 55.4 Å². The number of aliphatic imine (C=N–C) groups is 1. The molecule has 34 heavy (non-hydrogen) atoms. The van der Waals surface area contributed by atoms with E-state index >= 15 is 0 Å². The number of rotatable bonds is 3. The van der Waals surface area contributed by atoms with Crippen molar-refractivity contribution in [3.8, 4) is 0 Å². The minimum atomic E-state index is -0.542. The Hall–Kier alpha value is -2.99. The Bertz CT molecular complexity index is 1200. The second-order valence-electron chi connectivity index (χ2n) is 9.28. The molecular weight excluding hydrogens is 453 g/mol.